The van der Waals surface area contributed by atoms with Crippen LogP contribution in [0.1, 0.15) is 37.7 Å². The van der Waals surface area contributed by atoms with E-state index in [0.29, 0.717) is 19.0 Å². The van der Waals surface area contributed by atoms with Crippen LogP contribution in [-0.4, -0.2) is 29.3 Å². The van der Waals surface area contributed by atoms with Crippen molar-refractivity contribution in [3.05, 3.63) is 28.2 Å². The normalized spacial score (nSPS) is 22.4. The predicted molar refractivity (Wildman–Crippen MR) is 89.6 cm³/mol. The molecule has 4 nitrogen and oxygen atoms in total. The van der Waals surface area contributed by atoms with E-state index >= 15 is 0 Å². The average molecular weight is 365 g/mol. The van der Waals surface area contributed by atoms with Crippen LogP contribution < -0.4 is 5.32 Å². The van der Waals surface area contributed by atoms with Gasteiger partial charge in [-0.1, -0.05) is 18.9 Å². The zero-order valence-electron chi connectivity index (χ0n) is 12.8. The second kappa shape index (κ2) is 6.41. The Bertz CT molecular complexity index is 596. The summed E-state index contributed by atoms with van der Waals surface area (Å²) in [7, 11) is 0. The topological polar surface area (TPSA) is 49.4 Å². The molecule has 0 aromatic heterocycles. The zero-order chi connectivity index (χ0) is 15.7. The maximum atomic E-state index is 12.4. The minimum atomic E-state index is -0.235. The maximum Gasteiger partial charge on any atom is 0.229 e. The molecule has 1 atom stereocenters. The van der Waals surface area contributed by atoms with Gasteiger partial charge in [0.1, 0.15) is 0 Å². The van der Waals surface area contributed by atoms with E-state index in [2.05, 4.69) is 21.2 Å². The van der Waals surface area contributed by atoms with Gasteiger partial charge >= 0.3 is 0 Å². The lowest BCUT2D eigenvalue weighted by molar-refractivity contribution is -0.129. The number of hydrogen-bond donors (Lipinski definition) is 1. The molecule has 1 aromatic carbocycles. The first-order chi connectivity index (χ1) is 10.5. The Morgan fingerprint density at radius 3 is 2.73 bits per heavy atom. The van der Waals surface area contributed by atoms with Crippen molar-refractivity contribution in [2.75, 3.05) is 11.9 Å². The van der Waals surface area contributed by atoms with Crippen LogP contribution >= 0.6 is 15.9 Å². The summed E-state index contributed by atoms with van der Waals surface area (Å²) in [5, 5.41) is 2.95. The van der Waals surface area contributed by atoms with Crippen molar-refractivity contribution >= 4 is 33.4 Å². The molecule has 118 valence electrons. The molecule has 0 unspecified atom stereocenters. The van der Waals surface area contributed by atoms with Crippen LogP contribution in [0.15, 0.2) is 22.7 Å². The van der Waals surface area contributed by atoms with Crippen molar-refractivity contribution in [3.8, 4) is 0 Å². The van der Waals surface area contributed by atoms with Gasteiger partial charge in [0.25, 0.3) is 0 Å². The van der Waals surface area contributed by atoms with Crippen molar-refractivity contribution in [1.29, 1.82) is 0 Å². The summed E-state index contributed by atoms with van der Waals surface area (Å²) in [6.45, 7) is 2.57. The molecule has 3 rings (SSSR count). The minimum absolute atomic E-state index is 0.0570. The number of amides is 2. The van der Waals surface area contributed by atoms with E-state index in [1.54, 1.807) is 0 Å². The Kier molecular flexibility index (Phi) is 4.52. The molecule has 1 aromatic rings. The number of aryl methyl sites for hydroxylation is 1. The van der Waals surface area contributed by atoms with Crippen LogP contribution in [-0.2, 0) is 9.59 Å². The van der Waals surface area contributed by atoms with E-state index < -0.39 is 0 Å². The van der Waals surface area contributed by atoms with Crippen LogP contribution in [0.4, 0.5) is 5.69 Å². The maximum absolute atomic E-state index is 12.4. The van der Waals surface area contributed by atoms with Gasteiger partial charge in [-0.3, -0.25) is 9.59 Å². The van der Waals surface area contributed by atoms with Crippen molar-refractivity contribution < 1.29 is 9.59 Å². The fraction of sp³-hybridized carbons (Fsp3) is 0.529. The third kappa shape index (κ3) is 3.19. The van der Waals surface area contributed by atoms with Gasteiger partial charge in [-0.2, -0.15) is 0 Å². The third-order valence-electron chi connectivity index (χ3n) is 4.68. The van der Waals surface area contributed by atoms with Crippen LogP contribution in [0.2, 0.25) is 0 Å². The van der Waals surface area contributed by atoms with Gasteiger partial charge in [0.2, 0.25) is 11.8 Å². The van der Waals surface area contributed by atoms with Crippen molar-refractivity contribution in [2.45, 2.75) is 45.1 Å². The number of rotatable bonds is 3. The van der Waals surface area contributed by atoms with E-state index in [0.717, 1.165) is 28.6 Å². The molecule has 2 fully saturated rings. The highest BCUT2D eigenvalue weighted by Gasteiger charge is 2.38. The molecular formula is C17H21BrN2O2. The smallest absolute Gasteiger partial charge is 0.229 e. The van der Waals surface area contributed by atoms with E-state index in [4.69, 9.17) is 0 Å². The summed E-state index contributed by atoms with van der Waals surface area (Å²) >= 11 is 3.47. The summed E-state index contributed by atoms with van der Waals surface area (Å²) in [6, 6.07) is 6.19. The Labute approximate surface area is 139 Å². The number of nitrogens with zero attached hydrogens (tertiary/aromatic N) is 1. The molecule has 1 saturated carbocycles. The van der Waals surface area contributed by atoms with Crippen molar-refractivity contribution in [2.24, 2.45) is 5.92 Å². The molecule has 0 radical (unpaired) electrons. The third-order valence-corrected chi connectivity index (χ3v) is 5.33. The van der Waals surface area contributed by atoms with Gasteiger partial charge in [-0.05, 0) is 53.4 Å². The largest absolute Gasteiger partial charge is 0.339 e. The number of likely N-dealkylation sites (tertiary alicyclic amines) is 1. The van der Waals surface area contributed by atoms with Gasteiger partial charge in [0, 0.05) is 23.5 Å². The predicted octanol–water partition coefficient (Wildman–Crippen LogP) is 3.49. The van der Waals surface area contributed by atoms with Crippen molar-refractivity contribution in [1.82, 2.24) is 4.90 Å². The molecule has 2 aliphatic rings. The Hall–Kier alpha value is -1.36. The SMILES string of the molecule is Cc1ccc(NC(=O)[C@@H]2CC(=O)N(C3CCCC3)C2)c(Br)c1. The first kappa shape index (κ1) is 15.5. The molecule has 1 heterocycles. The van der Waals surface area contributed by atoms with Crippen molar-refractivity contribution in [3.63, 3.8) is 0 Å². The summed E-state index contributed by atoms with van der Waals surface area (Å²) < 4.78 is 0.873. The molecular weight excluding hydrogens is 344 g/mol. The summed E-state index contributed by atoms with van der Waals surface area (Å²) in [5.74, 6) is -0.158. The standard InChI is InChI=1S/C17H21BrN2O2/c1-11-6-7-15(14(18)8-11)19-17(22)12-9-16(21)20(10-12)13-4-2-3-5-13/h6-8,12-13H,2-5,9-10H2,1H3,(H,19,22)/t12-/m1/s1. The molecule has 1 aliphatic carbocycles. The van der Waals surface area contributed by atoms with E-state index in [9.17, 15) is 9.59 Å². The number of carbonyl (C=O) groups excluding carboxylic acids is 2. The first-order valence-electron chi connectivity index (χ1n) is 7.91. The molecule has 0 spiro atoms. The molecule has 0 bridgehead atoms. The van der Waals surface area contributed by atoms with Crippen LogP contribution in [0, 0.1) is 12.8 Å². The van der Waals surface area contributed by atoms with Gasteiger partial charge < -0.3 is 10.2 Å². The number of nitrogens with one attached hydrogen (secondary N) is 1. The van der Waals surface area contributed by atoms with Crippen LogP contribution in [0.25, 0.3) is 0 Å². The number of anilines is 1. The summed E-state index contributed by atoms with van der Waals surface area (Å²) in [4.78, 5) is 26.6. The van der Waals surface area contributed by atoms with Crippen LogP contribution in [0.5, 0.6) is 0 Å². The summed E-state index contributed by atoms with van der Waals surface area (Å²) in [6.07, 6.45) is 4.90. The Morgan fingerprint density at radius 2 is 2.05 bits per heavy atom. The minimum Gasteiger partial charge on any atom is -0.339 e. The molecule has 1 saturated heterocycles. The second-order valence-corrected chi connectivity index (χ2v) is 7.21. The lowest BCUT2D eigenvalue weighted by Crippen LogP contribution is -2.35. The number of hydrogen-bond acceptors (Lipinski definition) is 2. The second-order valence-electron chi connectivity index (χ2n) is 6.36. The fourth-order valence-corrected chi connectivity index (χ4v) is 4.02. The van der Waals surface area contributed by atoms with Gasteiger partial charge in [-0.15, -0.1) is 0 Å². The quantitative estimate of drug-likeness (QED) is 0.892. The highest BCUT2D eigenvalue weighted by Crippen LogP contribution is 2.30. The number of carbonyl (C=O) groups is 2. The Balaban J connectivity index is 1.64. The van der Waals surface area contributed by atoms with E-state index in [-0.39, 0.29) is 17.7 Å². The Morgan fingerprint density at radius 1 is 1.32 bits per heavy atom. The molecule has 2 amide bonds. The first-order valence-corrected chi connectivity index (χ1v) is 8.70. The molecule has 1 N–H and O–H groups in total. The lowest BCUT2D eigenvalue weighted by atomic mass is 10.1. The van der Waals surface area contributed by atoms with Crippen LogP contribution in [0.3, 0.4) is 0 Å². The van der Waals surface area contributed by atoms with E-state index in [1.165, 1.54) is 12.8 Å². The highest BCUT2D eigenvalue weighted by atomic mass is 79.9. The van der Waals surface area contributed by atoms with Gasteiger partial charge in [0.15, 0.2) is 0 Å². The molecule has 5 heteroatoms. The van der Waals surface area contributed by atoms with E-state index in [1.807, 2.05) is 30.0 Å². The number of halogens is 1. The lowest BCUT2D eigenvalue weighted by Gasteiger charge is -2.23. The van der Waals surface area contributed by atoms with Gasteiger partial charge in [0.05, 0.1) is 11.6 Å². The fourth-order valence-electron chi connectivity index (χ4n) is 3.43. The highest BCUT2D eigenvalue weighted by molar-refractivity contribution is 9.10. The van der Waals surface area contributed by atoms with Gasteiger partial charge in [-0.25, -0.2) is 0 Å². The average Bonchev–Trinajstić information content (AvgIpc) is 3.10. The molecule has 1 aliphatic heterocycles. The summed E-state index contributed by atoms with van der Waals surface area (Å²) in [5.41, 5.74) is 1.90. The monoisotopic (exact) mass is 364 g/mol. The molecule has 22 heavy (non-hydrogen) atoms. The zero-order valence-corrected chi connectivity index (χ0v) is 14.4. The number of benzene rings is 1.